The van der Waals surface area contributed by atoms with Crippen LogP contribution in [0.4, 0.5) is 0 Å². The molecule has 4 rings (SSSR count). The Morgan fingerprint density at radius 2 is 1.55 bits per heavy atom. The van der Waals surface area contributed by atoms with E-state index in [1.54, 1.807) is 7.11 Å². The lowest BCUT2D eigenvalue weighted by atomic mass is 9.99. The highest BCUT2D eigenvalue weighted by atomic mass is 16.5. The van der Waals surface area contributed by atoms with Crippen LogP contribution in [-0.4, -0.2) is 12.1 Å². The summed E-state index contributed by atoms with van der Waals surface area (Å²) in [5.41, 5.74) is 4.41. The van der Waals surface area contributed by atoms with E-state index in [4.69, 9.17) is 9.72 Å². The largest absolute Gasteiger partial charge is 0.497 e. The van der Waals surface area contributed by atoms with Crippen LogP contribution in [0, 0.1) is 0 Å². The number of nitrogens with zero attached hydrogens (tertiary/aromatic N) is 1. The van der Waals surface area contributed by atoms with E-state index in [1.165, 1.54) is 16.5 Å². The van der Waals surface area contributed by atoms with Gasteiger partial charge in [-0.3, -0.25) is 0 Å². The molecule has 0 fully saturated rings. The van der Waals surface area contributed by atoms with Gasteiger partial charge in [0.15, 0.2) is 0 Å². The SMILES string of the molecule is COc1ccc(-c2cccc3nc4ccccc4cc23)cc1. The van der Waals surface area contributed by atoms with Crippen LogP contribution in [0.3, 0.4) is 0 Å². The molecule has 0 unspecified atom stereocenters. The predicted octanol–water partition coefficient (Wildman–Crippen LogP) is 5.06. The van der Waals surface area contributed by atoms with Gasteiger partial charge in [-0.1, -0.05) is 42.5 Å². The first-order valence-electron chi connectivity index (χ1n) is 7.28. The van der Waals surface area contributed by atoms with E-state index in [1.807, 2.05) is 24.3 Å². The molecule has 0 aliphatic heterocycles. The van der Waals surface area contributed by atoms with Crippen molar-refractivity contribution in [2.24, 2.45) is 0 Å². The average molecular weight is 285 g/mol. The minimum Gasteiger partial charge on any atom is -0.497 e. The second-order valence-corrected chi connectivity index (χ2v) is 5.28. The van der Waals surface area contributed by atoms with Crippen molar-refractivity contribution in [3.05, 3.63) is 72.8 Å². The zero-order valence-corrected chi connectivity index (χ0v) is 12.3. The third kappa shape index (κ3) is 2.09. The van der Waals surface area contributed by atoms with Crippen molar-refractivity contribution in [2.75, 3.05) is 7.11 Å². The number of methoxy groups -OCH3 is 1. The Balaban J connectivity index is 1.98. The topological polar surface area (TPSA) is 22.1 Å². The minimum atomic E-state index is 0.868. The number of aromatic nitrogens is 1. The van der Waals surface area contributed by atoms with E-state index in [0.29, 0.717) is 0 Å². The van der Waals surface area contributed by atoms with Crippen LogP contribution in [-0.2, 0) is 0 Å². The molecule has 0 saturated carbocycles. The Labute approximate surface area is 129 Å². The number of ether oxygens (including phenoxy) is 1. The van der Waals surface area contributed by atoms with Crippen LogP contribution in [0.15, 0.2) is 72.8 Å². The number of pyridine rings is 1. The zero-order valence-electron chi connectivity index (χ0n) is 12.3. The molecule has 106 valence electrons. The number of fused-ring (bicyclic) bond motifs is 2. The maximum atomic E-state index is 5.24. The second-order valence-electron chi connectivity index (χ2n) is 5.28. The second kappa shape index (κ2) is 5.15. The van der Waals surface area contributed by atoms with Gasteiger partial charge >= 0.3 is 0 Å². The fourth-order valence-electron chi connectivity index (χ4n) is 2.82. The fourth-order valence-corrected chi connectivity index (χ4v) is 2.82. The molecule has 0 N–H and O–H groups in total. The van der Waals surface area contributed by atoms with Crippen molar-refractivity contribution < 1.29 is 4.74 Å². The average Bonchev–Trinajstić information content (AvgIpc) is 2.59. The van der Waals surface area contributed by atoms with Gasteiger partial charge in [0.05, 0.1) is 18.1 Å². The molecule has 0 atom stereocenters. The number of para-hydroxylation sites is 1. The van der Waals surface area contributed by atoms with Crippen LogP contribution in [0.25, 0.3) is 32.9 Å². The van der Waals surface area contributed by atoms with Crippen LogP contribution < -0.4 is 4.74 Å². The molecular formula is C20H15NO. The molecule has 0 amide bonds. The van der Waals surface area contributed by atoms with Crippen molar-refractivity contribution in [1.82, 2.24) is 4.98 Å². The molecule has 0 aliphatic rings. The van der Waals surface area contributed by atoms with Gasteiger partial charge in [0.2, 0.25) is 0 Å². The van der Waals surface area contributed by atoms with Gasteiger partial charge in [-0.25, -0.2) is 4.98 Å². The molecule has 22 heavy (non-hydrogen) atoms. The van der Waals surface area contributed by atoms with Crippen molar-refractivity contribution in [1.29, 1.82) is 0 Å². The standard InChI is InChI=1S/C20H15NO/c1-22-16-11-9-14(10-12-16)17-6-4-8-20-18(17)13-15-5-2-3-7-19(15)21-20/h2-13H,1H3. The molecule has 0 aliphatic carbocycles. The highest BCUT2D eigenvalue weighted by Crippen LogP contribution is 2.31. The summed E-state index contributed by atoms with van der Waals surface area (Å²) in [5.74, 6) is 0.868. The Kier molecular flexibility index (Phi) is 3.01. The summed E-state index contributed by atoms with van der Waals surface area (Å²) in [6.45, 7) is 0. The van der Waals surface area contributed by atoms with Crippen LogP contribution in [0.2, 0.25) is 0 Å². The smallest absolute Gasteiger partial charge is 0.118 e. The lowest BCUT2D eigenvalue weighted by Crippen LogP contribution is -1.87. The summed E-state index contributed by atoms with van der Waals surface area (Å²) in [4.78, 5) is 4.77. The molecule has 0 spiro atoms. The molecule has 4 aromatic rings. The number of hydrogen-bond acceptors (Lipinski definition) is 2. The monoisotopic (exact) mass is 285 g/mol. The maximum absolute atomic E-state index is 5.24. The van der Waals surface area contributed by atoms with Gasteiger partial charge in [-0.2, -0.15) is 0 Å². The van der Waals surface area contributed by atoms with E-state index in [-0.39, 0.29) is 0 Å². The number of hydrogen-bond donors (Lipinski definition) is 0. The van der Waals surface area contributed by atoms with E-state index in [2.05, 4.69) is 48.5 Å². The van der Waals surface area contributed by atoms with Gasteiger partial charge in [0, 0.05) is 10.8 Å². The maximum Gasteiger partial charge on any atom is 0.118 e. The molecule has 0 saturated heterocycles. The van der Waals surface area contributed by atoms with Gasteiger partial charge in [0.1, 0.15) is 5.75 Å². The summed E-state index contributed by atoms with van der Waals surface area (Å²) < 4.78 is 5.24. The number of benzene rings is 3. The molecular weight excluding hydrogens is 270 g/mol. The van der Waals surface area contributed by atoms with E-state index >= 15 is 0 Å². The fraction of sp³-hybridized carbons (Fsp3) is 0.0500. The summed E-state index contributed by atoms with van der Waals surface area (Å²) in [6, 6.07) is 24.9. The Morgan fingerprint density at radius 1 is 0.773 bits per heavy atom. The Hall–Kier alpha value is -2.87. The third-order valence-electron chi connectivity index (χ3n) is 3.96. The molecule has 1 heterocycles. The summed E-state index contributed by atoms with van der Waals surface area (Å²) >= 11 is 0. The first kappa shape index (κ1) is 12.8. The predicted molar refractivity (Wildman–Crippen MR) is 91.2 cm³/mol. The lowest BCUT2D eigenvalue weighted by Gasteiger charge is -2.09. The summed E-state index contributed by atoms with van der Waals surface area (Å²) in [6.07, 6.45) is 0. The molecule has 2 nitrogen and oxygen atoms in total. The lowest BCUT2D eigenvalue weighted by molar-refractivity contribution is 0.415. The molecule has 2 heteroatoms. The Bertz CT molecular complexity index is 958. The summed E-state index contributed by atoms with van der Waals surface area (Å²) in [5, 5.41) is 2.34. The zero-order chi connectivity index (χ0) is 14.9. The Morgan fingerprint density at radius 3 is 2.36 bits per heavy atom. The van der Waals surface area contributed by atoms with Crippen molar-refractivity contribution in [3.63, 3.8) is 0 Å². The van der Waals surface area contributed by atoms with E-state index in [9.17, 15) is 0 Å². The quantitative estimate of drug-likeness (QED) is 0.480. The van der Waals surface area contributed by atoms with Gasteiger partial charge in [0.25, 0.3) is 0 Å². The number of rotatable bonds is 2. The van der Waals surface area contributed by atoms with Crippen LogP contribution in [0.1, 0.15) is 0 Å². The molecule has 0 radical (unpaired) electrons. The third-order valence-corrected chi connectivity index (χ3v) is 3.96. The van der Waals surface area contributed by atoms with Crippen molar-refractivity contribution >= 4 is 21.8 Å². The van der Waals surface area contributed by atoms with Crippen LogP contribution in [0.5, 0.6) is 5.75 Å². The molecule has 1 aromatic heterocycles. The minimum absolute atomic E-state index is 0.868. The van der Waals surface area contributed by atoms with Crippen molar-refractivity contribution in [2.45, 2.75) is 0 Å². The highest BCUT2D eigenvalue weighted by Gasteiger charge is 2.06. The molecule has 0 bridgehead atoms. The molecule has 3 aromatic carbocycles. The van der Waals surface area contributed by atoms with E-state index in [0.717, 1.165) is 22.2 Å². The summed E-state index contributed by atoms with van der Waals surface area (Å²) in [7, 11) is 1.68. The van der Waals surface area contributed by atoms with E-state index < -0.39 is 0 Å². The van der Waals surface area contributed by atoms with Gasteiger partial charge in [-0.15, -0.1) is 0 Å². The normalized spacial score (nSPS) is 11.0. The van der Waals surface area contributed by atoms with Gasteiger partial charge < -0.3 is 4.74 Å². The first-order valence-corrected chi connectivity index (χ1v) is 7.28. The van der Waals surface area contributed by atoms with Crippen LogP contribution >= 0.6 is 0 Å². The van der Waals surface area contributed by atoms with Crippen molar-refractivity contribution in [3.8, 4) is 16.9 Å². The van der Waals surface area contributed by atoms with Gasteiger partial charge in [-0.05, 0) is 41.5 Å². The first-order chi connectivity index (χ1) is 10.8. The highest BCUT2D eigenvalue weighted by molar-refractivity contribution is 6.01.